The summed E-state index contributed by atoms with van der Waals surface area (Å²) in [5, 5.41) is 2.51. The van der Waals surface area contributed by atoms with Crippen molar-refractivity contribution in [2.45, 2.75) is 5.41 Å². The molecule has 0 saturated carbocycles. The van der Waals surface area contributed by atoms with Crippen molar-refractivity contribution in [3.05, 3.63) is 253 Å². The molecule has 0 aliphatic carbocycles. The Bertz CT molecular complexity index is 3310. The van der Waals surface area contributed by atoms with Crippen molar-refractivity contribution in [2.75, 3.05) is 0 Å². The highest BCUT2D eigenvalue weighted by Gasteiger charge is 2.45. The van der Waals surface area contributed by atoms with E-state index in [1.165, 1.54) is 60.9 Å². The first-order valence-corrected chi connectivity index (χ1v) is 21.1. The number of fused-ring (bicyclic) bond motifs is 5. The average molecular weight is 791 g/mol. The highest BCUT2D eigenvalue weighted by Crippen LogP contribution is 2.54. The van der Waals surface area contributed by atoms with Crippen molar-refractivity contribution in [1.29, 1.82) is 0 Å². The van der Waals surface area contributed by atoms with Crippen LogP contribution in [0.4, 0.5) is 0 Å². The Labute approximate surface area is 360 Å². The van der Waals surface area contributed by atoms with Crippen LogP contribution in [0.2, 0.25) is 0 Å². The van der Waals surface area contributed by atoms with Gasteiger partial charge in [0, 0.05) is 27.5 Å². The zero-order valence-corrected chi connectivity index (χ0v) is 33.7. The van der Waals surface area contributed by atoms with Gasteiger partial charge in [0.15, 0.2) is 17.5 Å². The predicted octanol–water partition coefficient (Wildman–Crippen LogP) is 14.0. The summed E-state index contributed by atoms with van der Waals surface area (Å²) in [7, 11) is 0. The van der Waals surface area contributed by atoms with Gasteiger partial charge in [0.25, 0.3) is 0 Å². The van der Waals surface area contributed by atoms with Gasteiger partial charge in [-0.25, -0.2) is 15.0 Å². The molecule has 1 atom stereocenters. The molecule has 0 N–H and O–H groups in total. The van der Waals surface area contributed by atoms with E-state index < -0.39 is 5.41 Å². The van der Waals surface area contributed by atoms with E-state index >= 15 is 0 Å². The molecule has 0 bridgehead atoms. The minimum absolute atomic E-state index is 0.601. The van der Waals surface area contributed by atoms with Crippen LogP contribution in [0.25, 0.3) is 83.9 Å². The van der Waals surface area contributed by atoms with E-state index in [1.807, 2.05) is 12.1 Å². The Morgan fingerprint density at radius 3 is 1.27 bits per heavy atom. The highest BCUT2D eigenvalue weighted by atomic mass is 15.0. The monoisotopic (exact) mass is 790 g/mol. The maximum atomic E-state index is 5.18. The molecule has 4 nitrogen and oxygen atoms in total. The first kappa shape index (κ1) is 35.7. The number of benzene rings is 9. The summed E-state index contributed by atoms with van der Waals surface area (Å²) in [5.41, 5.74) is 15.3. The molecule has 0 amide bonds. The molecule has 0 fully saturated rings. The molecule has 0 saturated heterocycles. The fraction of sp³-hybridized carbons (Fsp3) is 0.0172. The lowest BCUT2D eigenvalue weighted by Crippen LogP contribution is -2.35. The van der Waals surface area contributed by atoms with Gasteiger partial charge in [0.1, 0.15) is 0 Å². The number of hydrogen-bond donors (Lipinski definition) is 0. The molecule has 4 heteroatoms. The Balaban J connectivity index is 1.03. The lowest BCUT2D eigenvalue weighted by Gasteiger charge is -2.41. The quantitative estimate of drug-likeness (QED) is 0.161. The van der Waals surface area contributed by atoms with E-state index in [1.54, 1.807) is 0 Å². The molecule has 1 aliphatic rings. The fourth-order valence-electron chi connectivity index (χ4n) is 9.70. The molecule has 11 aromatic rings. The smallest absolute Gasteiger partial charge is 0.164 e. The molecule has 1 aliphatic heterocycles. The molecule has 0 radical (unpaired) electrons. The van der Waals surface area contributed by atoms with Crippen LogP contribution >= 0.6 is 0 Å². The zero-order chi connectivity index (χ0) is 41.0. The second-order valence-electron chi connectivity index (χ2n) is 16.0. The summed E-state index contributed by atoms with van der Waals surface area (Å²) in [6.07, 6.45) is 0. The molecule has 12 rings (SSSR count). The van der Waals surface area contributed by atoms with Gasteiger partial charge in [-0.15, -0.1) is 0 Å². The van der Waals surface area contributed by atoms with E-state index in [0.717, 1.165) is 27.8 Å². The molecule has 0 spiro atoms. The molecule has 62 heavy (non-hydrogen) atoms. The van der Waals surface area contributed by atoms with E-state index in [2.05, 4.69) is 223 Å². The third-order valence-electron chi connectivity index (χ3n) is 12.6. The van der Waals surface area contributed by atoms with Gasteiger partial charge < -0.3 is 4.57 Å². The highest BCUT2D eigenvalue weighted by molar-refractivity contribution is 6.12. The van der Waals surface area contributed by atoms with Gasteiger partial charge in [-0.3, -0.25) is 0 Å². The van der Waals surface area contributed by atoms with Gasteiger partial charge in [-0.1, -0.05) is 218 Å². The van der Waals surface area contributed by atoms with Crippen LogP contribution in [0, 0.1) is 0 Å². The summed E-state index contributed by atoms with van der Waals surface area (Å²) in [6, 6.07) is 82.3. The number of nitrogens with zero attached hydrogens (tertiary/aromatic N) is 4. The maximum Gasteiger partial charge on any atom is 0.164 e. The Morgan fingerprint density at radius 1 is 0.290 bits per heavy atom. The summed E-state index contributed by atoms with van der Waals surface area (Å²) in [6.45, 7) is 0. The standard InChI is InChI=1S/C58H38N4/c1-4-15-39(16-5-1)41-27-31-43(32-28-41)55-59-56(44-33-29-42(30-34-44)40-17-6-2-7-18-40)61-57(60-55)45-35-37-47(38-36-45)58(46-19-8-3-9-20-46)50-23-11-13-26-53(50)62-52-25-12-10-21-48(52)49-22-14-24-51(58)54(49)62/h1-38H. The van der Waals surface area contributed by atoms with Crippen LogP contribution in [-0.4, -0.2) is 19.5 Å². The SMILES string of the molecule is c1ccc(-c2ccc(-c3nc(-c4ccc(-c5ccccc5)cc4)nc(-c4ccc(C5(c6ccccc6)c6ccccc6-n6c7ccccc7c7cccc5c76)cc4)n3)cc2)cc1. The minimum atomic E-state index is -0.601. The lowest BCUT2D eigenvalue weighted by atomic mass is 9.63. The van der Waals surface area contributed by atoms with Crippen molar-refractivity contribution in [3.63, 3.8) is 0 Å². The molecule has 290 valence electrons. The fourth-order valence-corrected chi connectivity index (χ4v) is 9.70. The largest absolute Gasteiger partial charge is 0.309 e. The van der Waals surface area contributed by atoms with Crippen LogP contribution in [0.5, 0.6) is 0 Å². The van der Waals surface area contributed by atoms with Gasteiger partial charge in [0.05, 0.1) is 22.1 Å². The molecule has 2 aromatic heterocycles. The van der Waals surface area contributed by atoms with Gasteiger partial charge in [-0.2, -0.15) is 0 Å². The summed E-state index contributed by atoms with van der Waals surface area (Å²) in [4.78, 5) is 15.5. The van der Waals surface area contributed by atoms with Crippen LogP contribution in [0.1, 0.15) is 22.3 Å². The number of hydrogen-bond acceptors (Lipinski definition) is 3. The lowest BCUT2D eigenvalue weighted by molar-refractivity contribution is 0.728. The van der Waals surface area contributed by atoms with Crippen LogP contribution in [0.3, 0.4) is 0 Å². The number of aromatic nitrogens is 4. The third kappa shape index (κ3) is 5.65. The third-order valence-corrected chi connectivity index (χ3v) is 12.6. The van der Waals surface area contributed by atoms with E-state index in [9.17, 15) is 0 Å². The Hall–Kier alpha value is -8.21. The van der Waals surface area contributed by atoms with Crippen molar-refractivity contribution >= 4 is 21.8 Å². The van der Waals surface area contributed by atoms with E-state index in [0.29, 0.717) is 17.5 Å². The van der Waals surface area contributed by atoms with E-state index in [4.69, 9.17) is 15.0 Å². The van der Waals surface area contributed by atoms with Crippen LogP contribution in [0.15, 0.2) is 231 Å². The van der Waals surface area contributed by atoms with Gasteiger partial charge in [0.2, 0.25) is 0 Å². The molecule has 9 aromatic carbocycles. The van der Waals surface area contributed by atoms with Crippen molar-refractivity contribution in [3.8, 4) is 62.1 Å². The maximum absolute atomic E-state index is 5.18. The summed E-state index contributed by atoms with van der Waals surface area (Å²) >= 11 is 0. The molecule has 1 unspecified atom stereocenters. The molecular formula is C58H38N4. The number of rotatable bonds is 7. The second-order valence-corrected chi connectivity index (χ2v) is 16.0. The summed E-state index contributed by atoms with van der Waals surface area (Å²) < 4.78 is 2.47. The van der Waals surface area contributed by atoms with E-state index in [-0.39, 0.29) is 0 Å². The Morgan fingerprint density at radius 2 is 0.694 bits per heavy atom. The normalized spacial score (nSPS) is 14.2. The topological polar surface area (TPSA) is 43.6 Å². The van der Waals surface area contributed by atoms with Gasteiger partial charge >= 0.3 is 0 Å². The Kier molecular flexibility index (Phi) is 8.36. The van der Waals surface area contributed by atoms with Crippen LogP contribution in [-0.2, 0) is 5.41 Å². The first-order valence-electron chi connectivity index (χ1n) is 21.1. The summed E-state index contributed by atoms with van der Waals surface area (Å²) in [5.74, 6) is 1.88. The minimum Gasteiger partial charge on any atom is -0.309 e. The average Bonchev–Trinajstić information content (AvgIpc) is 3.70. The van der Waals surface area contributed by atoms with Crippen molar-refractivity contribution in [1.82, 2.24) is 19.5 Å². The van der Waals surface area contributed by atoms with Gasteiger partial charge in [-0.05, 0) is 56.6 Å². The molecular weight excluding hydrogens is 753 g/mol. The van der Waals surface area contributed by atoms with Crippen LogP contribution < -0.4 is 0 Å². The zero-order valence-electron chi connectivity index (χ0n) is 33.7. The molecule has 3 heterocycles. The number of para-hydroxylation sites is 3. The second kappa shape index (κ2) is 14.5. The predicted molar refractivity (Wildman–Crippen MR) is 253 cm³/mol. The first-order chi connectivity index (χ1) is 30.7. The van der Waals surface area contributed by atoms with Crippen molar-refractivity contribution in [2.24, 2.45) is 0 Å². The van der Waals surface area contributed by atoms with Crippen molar-refractivity contribution < 1.29 is 0 Å².